The lowest BCUT2D eigenvalue weighted by atomic mass is 10.1. The Labute approximate surface area is 141 Å². The van der Waals surface area contributed by atoms with Crippen LogP contribution in [0.1, 0.15) is 15.9 Å². The highest BCUT2D eigenvalue weighted by Crippen LogP contribution is 2.27. The zero-order valence-electron chi connectivity index (χ0n) is 12.7. The normalized spacial score (nSPS) is 10.6. The van der Waals surface area contributed by atoms with E-state index in [0.717, 1.165) is 5.56 Å². The fourth-order valence-electron chi connectivity index (χ4n) is 2.06. The molecule has 0 aliphatic carbocycles. The molecule has 0 aliphatic rings. The van der Waals surface area contributed by atoms with E-state index in [1.54, 1.807) is 36.4 Å². The van der Waals surface area contributed by atoms with Gasteiger partial charge in [-0.2, -0.15) is 0 Å². The number of methoxy groups -OCH3 is 1. The van der Waals surface area contributed by atoms with E-state index in [2.05, 4.69) is 10.2 Å². The van der Waals surface area contributed by atoms with Gasteiger partial charge in [0, 0.05) is 5.75 Å². The summed E-state index contributed by atoms with van der Waals surface area (Å²) in [5, 5.41) is 8.11. The Kier molecular flexibility index (Phi) is 4.90. The molecular formula is C17H13FN2O3S. The summed E-state index contributed by atoms with van der Waals surface area (Å²) in [5.74, 6) is -0.132. The van der Waals surface area contributed by atoms with Crippen LogP contribution >= 0.6 is 11.8 Å². The maximum Gasteiger partial charge on any atom is 0.337 e. The number of benzene rings is 2. The fourth-order valence-corrected chi connectivity index (χ4v) is 2.77. The molecule has 0 atom stereocenters. The number of ether oxygens (including phenoxy) is 1. The molecule has 3 aromatic rings. The van der Waals surface area contributed by atoms with Crippen LogP contribution in [-0.2, 0) is 10.5 Å². The van der Waals surface area contributed by atoms with Gasteiger partial charge in [-0.25, -0.2) is 9.18 Å². The number of hydrogen-bond acceptors (Lipinski definition) is 6. The first-order valence-electron chi connectivity index (χ1n) is 7.06. The molecule has 3 rings (SSSR count). The summed E-state index contributed by atoms with van der Waals surface area (Å²) < 4.78 is 23.9. The predicted octanol–water partition coefficient (Wildman–Crippen LogP) is 3.95. The van der Waals surface area contributed by atoms with E-state index in [-0.39, 0.29) is 17.4 Å². The largest absolute Gasteiger partial charge is 0.465 e. The molecule has 24 heavy (non-hydrogen) atoms. The third-order valence-corrected chi connectivity index (χ3v) is 4.11. The summed E-state index contributed by atoms with van der Waals surface area (Å²) in [6.07, 6.45) is 0. The molecule has 0 amide bonds. The summed E-state index contributed by atoms with van der Waals surface area (Å²) >= 11 is 1.31. The van der Waals surface area contributed by atoms with Gasteiger partial charge in [0.25, 0.3) is 11.1 Å². The van der Waals surface area contributed by atoms with Crippen LogP contribution in [-0.4, -0.2) is 23.3 Å². The van der Waals surface area contributed by atoms with Gasteiger partial charge >= 0.3 is 5.97 Å². The van der Waals surface area contributed by atoms with Crippen molar-refractivity contribution in [3.05, 3.63) is 65.5 Å². The first-order chi connectivity index (χ1) is 11.7. The number of thioether (sulfide) groups is 1. The van der Waals surface area contributed by atoms with Crippen molar-refractivity contribution in [1.82, 2.24) is 10.2 Å². The molecule has 7 heteroatoms. The number of nitrogens with zero attached hydrogens (tertiary/aromatic N) is 2. The van der Waals surface area contributed by atoms with Gasteiger partial charge in [0.15, 0.2) is 0 Å². The van der Waals surface area contributed by atoms with E-state index in [4.69, 9.17) is 9.15 Å². The van der Waals surface area contributed by atoms with Crippen LogP contribution in [0, 0.1) is 5.82 Å². The Bertz CT molecular complexity index is 866. The molecule has 0 spiro atoms. The second-order valence-corrected chi connectivity index (χ2v) is 5.76. The van der Waals surface area contributed by atoms with E-state index < -0.39 is 5.82 Å². The molecule has 1 heterocycles. The second kappa shape index (κ2) is 7.27. The molecule has 2 aromatic carbocycles. The standard InChI is InChI=1S/C17H13FN2O3S/c1-22-16(21)12-6-4-5-11(9-12)10-24-17-20-19-15(23-17)13-7-2-3-8-14(13)18/h2-9H,10H2,1H3. The summed E-state index contributed by atoms with van der Waals surface area (Å²) in [4.78, 5) is 11.5. The number of esters is 1. The number of rotatable bonds is 5. The first-order valence-corrected chi connectivity index (χ1v) is 8.04. The number of hydrogen-bond donors (Lipinski definition) is 0. The smallest absolute Gasteiger partial charge is 0.337 e. The summed E-state index contributed by atoms with van der Waals surface area (Å²) in [5.41, 5.74) is 1.66. The average molecular weight is 344 g/mol. The molecule has 0 N–H and O–H groups in total. The summed E-state index contributed by atoms with van der Waals surface area (Å²) in [6, 6.07) is 13.3. The molecule has 0 bridgehead atoms. The van der Waals surface area contributed by atoms with Crippen molar-refractivity contribution < 1.29 is 18.3 Å². The minimum Gasteiger partial charge on any atom is -0.465 e. The Morgan fingerprint density at radius 1 is 1.21 bits per heavy atom. The van der Waals surface area contributed by atoms with Crippen molar-refractivity contribution in [2.75, 3.05) is 7.11 Å². The van der Waals surface area contributed by atoms with Gasteiger partial charge in [-0.1, -0.05) is 36.0 Å². The van der Waals surface area contributed by atoms with Crippen LogP contribution in [0.15, 0.2) is 58.2 Å². The molecule has 0 fully saturated rings. The lowest BCUT2D eigenvalue weighted by Gasteiger charge is -2.02. The molecular weight excluding hydrogens is 331 g/mol. The number of halogens is 1. The van der Waals surface area contributed by atoms with Crippen molar-refractivity contribution in [2.45, 2.75) is 11.0 Å². The maximum absolute atomic E-state index is 13.7. The molecule has 0 saturated carbocycles. The third kappa shape index (κ3) is 3.62. The van der Waals surface area contributed by atoms with Gasteiger partial charge in [0.1, 0.15) is 5.82 Å². The highest BCUT2D eigenvalue weighted by Gasteiger charge is 2.13. The Hall–Kier alpha value is -2.67. The van der Waals surface area contributed by atoms with Gasteiger partial charge in [0.05, 0.1) is 18.2 Å². The molecule has 122 valence electrons. The lowest BCUT2D eigenvalue weighted by Crippen LogP contribution is -2.01. The van der Waals surface area contributed by atoms with E-state index in [1.807, 2.05) is 6.07 Å². The lowest BCUT2D eigenvalue weighted by molar-refractivity contribution is 0.0600. The minimum atomic E-state index is -0.413. The highest BCUT2D eigenvalue weighted by molar-refractivity contribution is 7.98. The second-order valence-electron chi connectivity index (χ2n) is 4.83. The van der Waals surface area contributed by atoms with E-state index in [9.17, 15) is 9.18 Å². The van der Waals surface area contributed by atoms with E-state index in [0.29, 0.717) is 16.5 Å². The van der Waals surface area contributed by atoms with Crippen molar-refractivity contribution >= 4 is 17.7 Å². The zero-order valence-corrected chi connectivity index (χ0v) is 13.5. The maximum atomic E-state index is 13.7. The average Bonchev–Trinajstić information content (AvgIpc) is 3.08. The molecule has 0 radical (unpaired) electrons. The van der Waals surface area contributed by atoms with Crippen LogP contribution in [0.4, 0.5) is 4.39 Å². The quantitative estimate of drug-likeness (QED) is 0.516. The molecule has 1 aromatic heterocycles. The molecule has 0 aliphatic heterocycles. The molecule has 5 nitrogen and oxygen atoms in total. The van der Waals surface area contributed by atoms with Gasteiger partial charge in [-0.3, -0.25) is 0 Å². The SMILES string of the molecule is COC(=O)c1cccc(CSc2nnc(-c3ccccc3F)o2)c1. The predicted molar refractivity (Wildman–Crippen MR) is 87.0 cm³/mol. The first kappa shape index (κ1) is 16.2. The van der Waals surface area contributed by atoms with E-state index >= 15 is 0 Å². The van der Waals surface area contributed by atoms with Crippen LogP contribution in [0.5, 0.6) is 0 Å². The van der Waals surface area contributed by atoms with Crippen LogP contribution in [0.3, 0.4) is 0 Å². The van der Waals surface area contributed by atoms with Crippen molar-refractivity contribution in [3.8, 4) is 11.5 Å². The third-order valence-electron chi connectivity index (χ3n) is 3.22. The Balaban J connectivity index is 1.70. The summed E-state index contributed by atoms with van der Waals surface area (Å²) in [6.45, 7) is 0. The van der Waals surface area contributed by atoms with Gasteiger partial charge < -0.3 is 9.15 Å². The van der Waals surface area contributed by atoms with Crippen LogP contribution in [0.2, 0.25) is 0 Å². The Morgan fingerprint density at radius 2 is 2.04 bits per heavy atom. The number of aromatic nitrogens is 2. The number of carbonyl (C=O) groups excluding carboxylic acids is 1. The van der Waals surface area contributed by atoms with Crippen molar-refractivity contribution in [1.29, 1.82) is 0 Å². The van der Waals surface area contributed by atoms with Crippen LogP contribution < -0.4 is 0 Å². The minimum absolute atomic E-state index is 0.138. The topological polar surface area (TPSA) is 65.2 Å². The molecule has 0 unspecified atom stereocenters. The van der Waals surface area contributed by atoms with Crippen molar-refractivity contribution in [3.63, 3.8) is 0 Å². The Morgan fingerprint density at radius 3 is 2.83 bits per heavy atom. The summed E-state index contributed by atoms with van der Waals surface area (Å²) in [7, 11) is 1.34. The van der Waals surface area contributed by atoms with E-state index in [1.165, 1.54) is 24.9 Å². The number of carbonyl (C=O) groups is 1. The van der Waals surface area contributed by atoms with Crippen LogP contribution in [0.25, 0.3) is 11.5 Å². The molecule has 0 saturated heterocycles. The van der Waals surface area contributed by atoms with Gasteiger partial charge in [0.2, 0.25) is 0 Å². The van der Waals surface area contributed by atoms with Crippen molar-refractivity contribution in [2.24, 2.45) is 0 Å². The van der Waals surface area contributed by atoms with Gasteiger partial charge in [-0.05, 0) is 29.8 Å². The van der Waals surface area contributed by atoms with Gasteiger partial charge in [-0.15, -0.1) is 10.2 Å². The monoisotopic (exact) mass is 344 g/mol. The highest BCUT2D eigenvalue weighted by atomic mass is 32.2. The zero-order chi connectivity index (χ0) is 16.9. The fraction of sp³-hybridized carbons (Fsp3) is 0.118.